The molecule has 13 heavy (non-hydrogen) atoms. The van der Waals surface area contributed by atoms with Crippen molar-refractivity contribution >= 4 is 11.3 Å². The van der Waals surface area contributed by atoms with E-state index in [0.717, 1.165) is 12.8 Å². The van der Waals surface area contributed by atoms with Gasteiger partial charge in [-0.3, -0.25) is 0 Å². The van der Waals surface area contributed by atoms with Gasteiger partial charge in [0.15, 0.2) is 0 Å². The molecule has 0 radical (unpaired) electrons. The molecular weight excluding hydrogens is 180 g/mol. The van der Waals surface area contributed by atoms with E-state index in [1.807, 2.05) is 0 Å². The van der Waals surface area contributed by atoms with E-state index in [1.54, 1.807) is 11.3 Å². The normalized spacial score (nSPS) is 13.5. The lowest BCUT2D eigenvalue weighted by atomic mass is 9.93. The number of aliphatic hydroxyl groups is 1. The maximum Gasteiger partial charge on any atom is 0.0462 e. The Kier molecular flexibility index (Phi) is 4.46. The molecule has 1 N–H and O–H groups in total. The van der Waals surface area contributed by atoms with Crippen LogP contribution in [-0.2, 0) is 6.42 Å². The molecular formula is C11H18OS. The van der Waals surface area contributed by atoms with Gasteiger partial charge in [0, 0.05) is 6.61 Å². The van der Waals surface area contributed by atoms with Gasteiger partial charge in [-0.2, -0.15) is 11.3 Å². The zero-order valence-electron chi connectivity index (χ0n) is 8.36. The summed E-state index contributed by atoms with van der Waals surface area (Å²) in [5, 5.41) is 13.4. The Morgan fingerprint density at radius 3 is 2.69 bits per heavy atom. The van der Waals surface area contributed by atoms with Crippen LogP contribution >= 0.6 is 11.3 Å². The second-order valence-corrected chi connectivity index (χ2v) is 4.79. The Bertz CT molecular complexity index is 216. The van der Waals surface area contributed by atoms with Gasteiger partial charge in [-0.05, 0) is 47.1 Å². The van der Waals surface area contributed by atoms with Crippen LogP contribution in [0.4, 0.5) is 0 Å². The van der Waals surface area contributed by atoms with Crippen LogP contribution in [0.2, 0.25) is 0 Å². The highest BCUT2D eigenvalue weighted by Gasteiger charge is 2.10. The predicted molar refractivity (Wildman–Crippen MR) is 58.1 cm³/mol. The summed E-state index contributed by atoms with van der Waals surface area (Å²) in [6, 6.07) is 2.15. The highest BCUT2D eigenvalue weighted by atomic mass is 32.1. The summed E-state index contributed by atoms with van der Waals surface area (Å²) in [6.45, 7) is 4.72. The van der Waals surface area contributed by atoms with E-state index in [4.69, 9.17) is 0 Å². The summed E-state index contributed by atoms with van der Waals surface area (Å²) in [6.07, 6.45) is 2.14. The van der Waals surface area contributed by atoms with Gasteiger partial charge in [0.05, 0.1) is 0 Å². The molecule has 0 spiro atoms. The maximum atomic E-state index is 9.18. The van der Waals surface area contributed by atoms with Crippen molar-refractivity contribution in [3.8, 4) is 0 Å². The molecule has 0 aliphatic rings. The van der Waals surface area contributed by atoms with Crippen molar-refractivity contribution in [1.29, 1.82) is 0 Å². The van der Waals surface area contributed by atoms with Crippen LogP contribution in [-0.4, -0.2) is 11.7 Å². The Morgan fingerprint density at radius 2 is 2.23 bits per heavy atom. The summed E-state index contributed by atoms with van der Waals surface area (Å²) in [5.41, 5.74) is 1.37. The first kappa shape index (κ1) is 10.7. The molecule has 0 aliphatic carbocycles. The van der Waals surface area contributed by atoms with Gasteiger partial charge in [-0.15, -0.1) is 0 Å². The lowest BCUT2D eigenvalue weighted by molar-refractivity contribution is 0.205. The Morgan fingerprint density at radius 1 is 1.46 bits per heavy atom. The van der Waals surface area contributed by atoms with Crippen molar-refractivity contribution in [2.75, 3.05) is 6.61 Å². The minimum atomic E-state index is 0.314. The van der Waals surface area contributed by atoms with E-state index in [1.165, 1.54) is 5.56 Å². The summed E-state index contributed by atoms with van der Waals surface area (Å²) in [4.78, 5) is 0. The fraction of sp³-hybridized carbons (Fsp3) is 0.636. The van der Waals surface area contributed by atoms with Crippen LogP contribution in [0.15, 0.2) is 16.8 Å². The van der Waals surface area contributed by atoms with Crippen molar-refractivity contribution in [2.24, 2.45) is 11.8 Å². The SMILES string of the molecule is CC(C)CC(CO)Cc1ccsc1. The van der Waals surface area contributed by atoms with E-state index in [-0.39, 0.29) is 0 Å². The molecule has 1 unspecified atom stereocenters. The molecule has 0 bridgehead atoms. The molecule has 74 valence electrons. The van der Waals surface area contributed by atoms with Gasteiger partial charge in [0.25, 0.3) is 0 Å². The monoisotopic (exact) mass is 198 g/mol. The first-order valence-corrected chi connectivity index (χ1v) is 5.78. The van der Waals surface area contributed by atoms with E-state index in [0.29, 0.717) is 18.4 Å². The van der Waals surface area contributed by atoms with Gasteiger partial charge in [-0.1, -0.05) is 13.8 Å². The van der Waals surface area contributed by atoms with Crippen LogP contribution in [0.3, 0.4) is 0 Å². The van der Waals surface area contributed by atoms with Gasteiger partial charge < -0.3 is 5.11 Å². The third-order valence-electron chi connectivity index (χ3n) is 2.17. The molecule has 1 heterocycles. The number of hydrogen-bond acceptors (Lipinski definition) is 2. The average Bonchev–Trinajstić information content (AvgIpc) is 2.55. The van der Waals surface area contributed by atoms with Crippen LogP contribution in [0, 0.1) is 11.8 Å². The van der Waals surface area contributed by atoms with Crippen LogP contribution in [0.1, 0.15) is 25.8 Å². The van der Waals surface area contributed by atoms with Crippen LogP contribution in [0.25, 0.3) is 0 Å². The van der Waals surface area contributed by atoms with Gasteiger partial charge in [0.1, 0.15) is 0 Å². The van der Waals surface area contributed by atoms with Gasteiger partial charge >= 0.3 is 0 Å². The Hall–Kier alpha value is -0.340. The topological polar surface area (TPSA) is 20.2 Å². The minimum Gasteiger partial charge on any atom is -0.396 e. The molecule has 0 aliphatic heterocycles. The summed E-state index contributed by atoms with van der Waals surface area (Å²) < 4.78 is 0. The second kappa shape index (κ2) is 5.40. The fourth-order valence-corrected chi connectivity index (χ4v) is 2.31. The number of thiophene rings is 1. The van der Waals surface area contributed by atoms with Gasteiger partial charge in [0.2, 0.25) is 0 Å². The van der Waals surface area contributed by atoms with Crippen molar-refractivity contribution < 1.29 is 5.11 Å². The molecule has 0 amide bonds. The lowest BCUT2D eigenvalue weighted by Crippen LogP contribution is -2.11. The third-order valence-corrected chi connectivity index (χ3v) is 2.90. The van der Waals surface area contributed by atoms with Crippen molar-refractivity contribution in [1.82, 2.24) is 0 Å². The predicted octanol–water partition coefficient (Wildman–Crippen LogP) is 2.95. The molecule has 1 atom stereocenters. The first-order valence-electron chi connectivity index (χ1n) is 4.84. The van der Waals surface area contributed by atoms with E-state index >= 15 is 0 Å². The van der Waals surface area contributed by atoms with Crippen molar-refractivity contribution in [3.63, 3.8) is 0 Å². The van der Waals surface area contributed by atoms with Gasteiger partial charge in [-0.25, -0.2) is 0 Å². The highest BCUT2D eigenvalue weighted by molar-refractivity contribution is 7.07. The summed E-state index contributed by atoms with van der Waals surface area (Å²) in [7, 11) is 0. The molecule has 0 fully saturated rings. The molecule has 1 rings (SSSR count). The number of hydrogen-bond donors (Lipinski definition) is 1. The molecule has 2 heteroatoms. The molecule has 0 saturated heterocycles. The largest absolute Gasteiger partial charge is 0.396 e. The molecule has 1 nitrogen and oxygen atoms in total. The smallest absolute Gasteiger partial charge is 0.0462 e. The number of aliphatic hydroxyl groups excluding tert-OH is 1. The molecule has 1 aromatic heterocycles. The molecule has 0 aromatic carbocycles. The minimum absolute atomic E-state index is 0.314. The molecule has 0 saturated carbocycles. The third kappa shape index (κ3) is 3.92. The van der Waals surface area contributed by atoms with Crippen LogP contribution in [0.5, 0.6) is 0 Å². The fourth-order valence-electron chi connectivity index (χ4n) is 1.63. The second-order valence-electron chi connectivity index (χ2n) is 4.01. The summed E-state index contributed by atoms with van der Waals surface area (Å²) >= 11 is 1.73. The highest BCUT2D eigenvalue weighted by Crippen LogP contribution is 2.18. The molecule has 1 aromatic rings. The van der Waals surface area contributed by atoms with E-state index in [2.05, 4.69) is 30.7 Å². The van der Waals surface area contributed by atoms with Crippen molar-refractivity contribution in [3.05, 3.63) is 22.4 Å². The maximum absolute atomic E-state index is 9.18. The standard InChI is InChI=1S/C11H18OS/c1-9(2)5-11(7-12)6-10-3-4-13-8-10/h3-4,8-9,11-12H,5-7H2,1-2H3. The van der Waals surface area contributed by atoms with Crippen LogP contribution < -0.4 is 0 Å². The quantitative estimate of drug-likeness (QED) is 0.771. The zero-order chi connectivity index (χ0) is 9.68. The van der Waals surface area contributed by atoms with Crippen molar-refractivity contribution in [2.45, 2.75) is 26.7 Å². The first-order chi connectivity index (χ1) is 6.22. The Labute approximate surface area is 84.4 Å². The Balaban J connectivity index is 2.40. The van der Waals surface area contributed by atoms with E-state index < -0.39 is 0 Å². The summed E-state index contributed by atoms with van der Waals surface area (Å²) in [5.74, 6) is 1.12. The lowest BCUT2D eigenvalue weighted by Gasteiger charge is -2.15. The number of rotatable bonds is 5. The average molecular weight is 198 g/mol. The van der Waals surface area contributed by atoms with E-state index in [9.17, 15) is 5.11 Å². The zero-order valence-corrected chi connectivity index (χ0v) is 9.18.